The van der Waals surface area contributed by atoms with Gasteiger partial charge in [0.05, 0.1) is 11.4 Å². The summed E-state index contributed by atoms with van der Waals surface area (Å²) in [6, 6.07) is 8.18. The van der Waals surface area contributed by atoms with Gasteiger partial charge in [0, 0.05) is 35.1 Å². The maximum Gasteiger partial charge on any atom is 0.227 e. The van der Waals surface area contributed by atoms with E-state index in [-0.39, 0.29) is 11.8 Å². The van der Waals surface area contributed by atoms with Crippen LogP contribution in [0, 0.1) is 19.8 Å². The number of rotatable bonds is 5. The minimum atomic E-state index is -0.0284. The predicted octanol–water partition coefficient (Wildman–Crippen LogP) is 4.15. The van der Waals surface area contributed by atoms with Crippen LogP contribution in [0.4, 0.5) is 11.5 Å². The highest BCUT2D eigenvalue weighted by Crippen LogP contribution is 2.37. The molecule has 2 aliphatic rings. The van der Waals surface area contributed by atoms with Gasteiger partial charge < -0.3 is 10.2 Å². The summed E-state index contributed by atoms with van der Waals surface area (Å²) in [7, 11) is 0. The maximum atomic E-state index is 13.1. The molecule has 1 saturated heterocycles. The third-order valence-corrected chi connectivity index (χ3v) is 8.00. The second kappa shape index (κ2) is 8.43. The van der Waals surface area contributed by atoms with E-state index in [0.717, 1.165) is 71.9 Å². The van der Waals surface area contributed by atoms with E-state index in [1.165, 1.54) is 10.4 Å². The van der Waals surface area contributed by atoms with Crippen LogP contribution < -0.4 is 10.2 Å². The molecule has 0 spiro atoms. The number of anilines is 2. The fraction of sp³-hybridized carbons (Fsp3) is 0.417. The fourth-order valence-corrected chi connectivity index (χ4v) is 5.68. The summed E-state index contributed by atoms with van der Waals surface area (Å²) in [5, 5.41) is 16.4. The Labute approximate surface area is 201 Å². The van der Waals surface area contributed by atoms with Gasteiger partial charge >= 0.3 is 0 Å². The Bertz CT molecular complexity index is 1370. The summed E-state index contributed by atoms with van der Waals surface area (Å²) >= 11 is 1.71. The number of amides is 1. The van der Waals surface area contributed by atoms with Gasteiger partial charge in [0.1, 0.15) is 17.0 Å². The van der Waals surface area contributed by atoms with Crippen LogP contribution in [0.3, 0.4) is 0 Å². The molecule has 0 bridgehead atoms. The Morgan fingerprint density at radius 3 is 2.74 bits per heavy atom. The Balaban J connectivity index is 1.13. The molecule has 174 valence electrons. The van der Waals surface area contributed by atoms with E-state index < -0.39 is 0 Å². The number of aromatic nitrogens is 6. The number of thiophene rings is 1. The zero-order valence-electron chi connectivity index (χ0n) is 19.2. The first kappa shape index (κ1) is 21.2. The van der Waals surface area contributed by atoms with E-state index in [0.29, 0.717) is 6.04 Å². The van der Waals surface area contributed by atoms with E-state index in [1.54, 1.807) is 17.7 Å². The van der Waals surface area contributed by atoms with Crippen molar-refractivity contribution in [2.45, 2.75) is 45.6 Å². The van der Waals surface area contributed by atoms with E-state index >= 15 is 0 Å². The lowest BCUT2D eigenvalue weighted by Gasteiger charge is -2.32. The van der Waals surface area contributed by atoms with Crippen molar-refractivity contribution >= 4 is 39.0 Å². The van der Waals surface area contributed by atoms with Gasteiger partial charge in [-0.2, -0.15) is 0 Å². The topological polar surface area (TPSA) is 102 Å². The lowest BCUT2D eigenvalue weighted by Crippen LogP contribution is -2.38. The number of aryl methyl sites for hydroxylation is 2. The predicted molar refractivity (Wildman–Crippen MR) is 132 cm³/mol. The summed E-state index contributed by atoms with van der Waals surface area (Å²) in [6.07, 6.45) is 5.45. The third-order valence-electron chi connectivity index (χ3n) is 6.88. The number of nitrogens with one attached hydrogen (secondary N) is 1. The summed E-state index contributed by atoms with van der Waals surface area (Å²) in [6.45, 7) is 5.87. The molecular formula is C24H26N8OS. The minimum Gasteiger partial charge on any atom is -0.356 e. The van der Waals surface area contributed by atoms with Crippen LogP contribution in [-0.2, 0) is 4.79 Å². The number of tetrazole rings is 1. The first-order chi connectivity index (χ1) is 16.6. The van der Waals surface area contributed by atoms with Crippen molar-refractivity contribution in [2.75, 3.05) is 23.3 Å². The molecule has 1 saturated carbocycles. The first-order valence-corrected chi connectivity index (χ1v) is 12.5. The van der Waals surface area contributed by atoms with Crippen LogP contribution in [0.15, 0.2) is 30.6 Å². The number of benzene rings is 1. The molecule has 10 heteroatoms. The summed E-state index contributed by atoms with van der Waals surface area (Å²) in [4.78, 5) is 26.7. The van der Waals surface area contributed by atoms with Crippen LogP contribution in [0.5, 0.6) is 0 Å². The average Bonchev–Trinajstić information content (AvgIpc) is 3.51. The van der Waals surface area contributed by atoms with Gasteiger partial charge in [0.2, 0.25) is 5.91 Å². The van der Waals surface area contributed by atoms with Gasteiger partial charge in [-0.1, -0.05) is 12.1 Å². The highest BCUT2D eigenvalue weighted by molar-refractivity contribution is 7.18. The number of carbonyl (C=O) groups is 1. The first-order valence-electron chi connectivity index (χ1n) is 11.7. The van der Waals surface area contributed by atoms with E-state index in [1.807, 2.05) is 28.9 Å². The normalized spacial score (nSPS) is 16.8. The highest BCUT2D eigenvalue weighted by atomic mass is 32.1. The number of nitrogens with zero attached hydrogens (tertiary/aromatic N) is 7. The van der Waals surface area contributed by atoms with Gasteiger partial charge in [-0.3, -0.25) is 4.79 Å². The summed E-state index contributed by atoms with van der Waals surface area (Å²) in [5.41, 5.74) is 2.94. The van der Waals surface area contributed by atoms with Gasteiger partial charge in [-0.15, -0.1) is 16.4 Å². The molecule has 0 radical (unpaired) electrons. The molecule has 34 heavy (non-hydrogen) atoms. The van der Waals surface area contributed by atoms with Crippen molar-refractivity contribution in [3.8, 4) is 11.4 Å². The number of fused-ring (bicyclic) bond motifs is 1. The van der Waals surface area contributed by atoms with Crippen molar-refractivity contribution in [1.82, 2.24) is 30.2 Å². The quantitative estimate of drug-likeness (QED) is 0.463. The zero-order chi connectivity index (χ0) is 23.2. The Kier molecular flexibility index (Phi) is 5.24. The van der Waals surface area contributed by atoms with Crippen molar-refractivity contribution < 1.29 is 4.79 Å². The number of hydrogen-bond acceptors (Lipinski definition) is 8. The van der Waals surface area contributed by atoms with Crippen LogP contribution in [-0.4, -0.2) is 49.2 Å². The molecular weight excluding hydrogens is 448 g/mol. The second-order valence-electron chi connectivity index (χ2n) is 9.17. The molecule has 2 fully saturated rings. The summed E-state index contributed by atoms with van der Waals surface area (Å²) in [5.74, 6) is 1.78. The maximum absolute atomic E-state index is 13.1. The lowest BCUT2D eigenvalue weighted by atomic mass is 9.95. The van der Waals surface area contributed by atoms with E-state index in [2.05, 4.69) is 49.6 Å². The molecule has 3 aromatic heterocycles. The van der Waals surface area contributed by atoms with Gasteiger partial charge in [-0.05, 0) is 67.7 Å². The van der Waals surface area contributed by atoms with Crippen molar-refractivity contribution in [3.63, 3.8) is 0 Å². The smallest absolute Gasteiger partial charge is 0.227 e. The van der Waals surface area contributed by atoms with Crippen LogP contribution in [0.25, 0.3) is 21.6 Å². The summed E-state index contributed by atoms with van der Waals surface area (Å²) < 4.78 is 1.89. The molecule has 4 aromatic rings. The molecule has 1 aromatic carbocycles. The Morgan fingerprint density at radius 2 is 1.94 bits per heavy atom. The zero-order valence-corrected chi connectivity index (χ0v) is 20.0. The molecule has 6 rings (SSSR count). The number of piperidine rings is 1. The molecule has 1 amide bonds. The van der Waals surface area contributed by atoms with Crippen molar-refractivity contribution in [1.29, 1.82) is 0 Å². The van der Waals surface area contributed by atoms with Gasteiger partial charge in [-0.25, -0.2) is 14.6 Å². The Morgan fingerprint density at radius 1 is 1.12 bits per heavy atom. The van der Waals surface area contributed by atoms with Crippen molar-refractivity contribution in [3.05, 3.63) is 41.0 Å². The molecule has 1 N–H and O–H groups in total. The monoisotopic (exact) mass is 474 g/mol. The SMILES string of the molecule is Cc1sc2ncnc(N3CCC(C(=O)Nc4cccc(-c5nnnn5C5CC5)c4)CC3)c2c1C. The molecule has 0 unspecified atom stereocenters. The van der Waals surface area contributed by atoms with Crippen LogP contribution in [0.2, 0.25) is 0 Å². The Hall–Kier alpha value is -3.40. The van der Waals surface area contributed by atoms with Crippen LogP contribution in [0.1, 0.15) is 42.2 Å². The molecule has 0 atom stereocenters. The second-order valence-corrected chi connectivity index (χ2v) is 10.4. The largest absolute Gasteiger partial charge is 0.356 e. The highest BCUT2D eigenvalue weighted by Gasteiger charge is 2.29. The number of carbonyl (C=O) groups excluding carboxylic acids is 1. The van der Waals surface area contributed by atoms with Gasteiger partial charge in [0.15, 0.2) is 5.82 Å². The standard InChI is InChI=1S/C24H26N8OS/c1-14-15(2)34-24-20(14)22(25-13-26-24)31-10-8-16(9-11-31)23(33)27-18-5-3-4-17(12-18)21-28-29-30-32(21)19-6-7-19/h3-5,12-13,16,19H,6-11H2,1-2H3,(H,27,33). The number of hydrogen-bond donors (Lipinski definition) is 1. The van der Waals surface area contributed by atoms with E-state index in [9.17, 15) is 4.79 Å². The molecule has 9 nitrogen and oxygen atoms in total. The van der Waals surface area contributed by atoms with Crippen molar-refractivity contribution in [2.24, 2.45) is 5.92 Å². The lowest BCUT2D eigenvalue weighted by molar-refractivity contribution is -0.120. The molecule has 1 aliphatic carbocycles. The van der Waals surface area contributed by atoms with Gasteiger partial charge in [0.25, 0.3) is 0 Å². The fourth-order valence-electron chi connectivity index (χ4n) is 4.69. The average molecular weight is 475 g/mol. The molecule has 4 heterocycles. The minimum absolute atomic E-state index is 0.0284. The molecule has 1 aliphatic heterocycles. The van der Waals surface area contributed by atoms with Crippen LogP contribution >= 0.6 is 11.3 Å². The third kappa shape index (κ3) is 3.81. The van der Waals surface area contributed by atoms with E-state index in [4.69, 9.17) is 0 Å².